The molecule has 2 saturated heterocycles. The van der Waals surface area contributed by atoms with Gasteiger partial charge < -0.3 is 23.7 Å². The van der Waals surface area contributed by atoms with Crippen LogP contribution in [0.4, 0.5) is 0 Å². The number of fused-ring (bicyclic) bond motifs is 1. The van der Waals surface area contributed by atoms with Crippen molar-refractivity contribution in [2.45, 2.75) is 38.5 Å². The fourth-order valence-corrected chi connectivity index (χ4v) is 3.93. The number of hydrogen-bond donors (Lipinski definition) is 0. The van der Waals surface area contributed by atoms with Crippen LogP contribution in [0, 0.1) is 6.92 Å². The number of hydrogen-bond acceptors (Lipinski definition) is 5. The molecule has 1 amide bonds. The van der Waals surface area contributed by atoms with Gasteiger partial charge in [0.05, 0.1) is 18.8 Å². The highest BCUT2D eigenvalue weighted by molar-refractivity contribution is 5.97. The number of rotatable bonds is 1. The van der Waals surface area contributed by atoms with Gasteiger partial charge in [-0.1, -0.05) is 0 Å². The number of aryl methyl sites for hydroxylation is 1. The minimum atomic E-state index is -0.443. The second-order valence-electron chi connectivity index (χ2n) is 6.82. The number of ether oxygens (including phenoxy) is 2. The molecule has 0 N–H and O–H groups in total. The Bertz CT molecular complexity index is 608. The first-order valence-electron chi connectivity index (χ1n) is 8.45. The fourth-order valence-electron chi connectivity index (χ4n) is 3.93. The maximum atomic E-state index is 13.0. The highest BCUT2D eigenvalue weighted by Crippen LogP contribution is 2.34. The zero-order chi connectivity index (χ0) is 16.0. The van der Waals surface area contributed by atoms with E-state index >= 15 is 0 Å². The Labute approximate surface area is 136 Å². The van der Waals surface area contributed by atoms with Gasteiger partial charge in [0.1, 0.15) is 11.5 Å². The van der Waals surface area contributed by atoms with E-state index in [0.29, 0.717) is 26.3 Å². The van der Waals surface area contributed by atoms with Crippen molar-refractivity contribution in [1.82, 2.24) is 9.80 Å². The zero-order valence-corrected chi connectivity index (χ0v) is 13.9. The van der Waals surface area contributed by atoms with Crippen molar-refractivity contribution < 1.29 is 18.7 Å². The van der Waals surface area contributed by atoms with Gasteiger partial charge in [-0.3, -0.25) is 4.79 Å². The summed E-state index contributed by atoms with van der Waals surface area (Å²) in [4.78, 5) is 17.2. The summed E-state index contributed by atoms with van der Waals surface area (Å²) < 4.78 is 17.4. The van der Waals surface area contributed by atoms with Gasteiger partial charge in [0.25, 0.3) is 5.91 Å². The predicted molar refractivity (Wildman–Crippen MR) is 83.3 cm³/mol. The summed E-state index contributed by atoms with van der Waals surface area (Å²) in [7, 11) is 2.08. The number of nitrogens with zero attached hydrogens (tertiary/aromatic N) is 2. The van der Waals surface area contributed by atoms with Crippen molar-refractivity contribution in [2.75, 3.05) is 39.9 Å². The van der Waals surface area contributed by atoms with Crippen LogP contribution in [0.3, 0.4) is 0 Å². The fraction of sp³-hybridized carbons (Fsp3) is 0.706. The average Bonchev–Trinajstić information content (AvgIpc) is 3.11. The van der Waals surface area contributed by atoms with Gasteiger partial charge in [0, 0.05) is 51.0 Å². The number of amides is 1. The van der Waals surface area contributed by atoms with Crippen LogP contribution in [0.5, 0.6) is 0 Å². The maximum absolute atomic E-state index is 13.0. The largest absolute Gasteiger partial charge is 0.465 e. The second kappa shape index (κ2) is 5.61. The summed E-state index contributed by atoms with van der Waals surface area (Å²) in [5, 5.41) is 0. The summed E-state index contributed by atoms with van der Waals surface area (Å²) in [6, 6.07) is 0. The van der Waals surface area contributed by atoms with E-state index in [4.69, 9.17) is 13.9 Å². The third-order valence-electron chi connectivity index (χ3n) is 5.26. The lowest BCUT2D eigenvalue weighted by molar-refractivity contribution is -0.181. The van der Waals surface area contributed by atoms with E-state index in [0.717, 1.165) is 55.0 Å². The predicted octanol–water partition coefficient (Wildman–Crippen LogP) is 1.56. The van der Waals surface area contributed by atoms with Crippen molar-refractivity contribution in [3.63, 3.8) is 0 Å². The maximum Gasteiger partial charge on any atom is 0.257 e. The molecule has 0 bridgehead atoms. The molecule has 0 aliphatic carbocycles. The molecular weight excluding hydrogens is 296 g/mol. The standard InChI is InChI=1S/C17H24N2O4/c1-12-15(13-11-18(2)6-3-14(13)23-12)16(20)19-7-4-17(5-8-19)21-9-10-22-17/h3-11H2,1-2H3. The molecule has 4 rings (SSSR count). The Morgan fingerprint density at radius 1 is 1.13 bits per heavy atom. The smallest absolute Gasteiger partial charge is 0.257 e. The van der Waals surface area contributed by atoms with Crippen molar-refractivity contribution >= 4 is 5.91 Å². The molecule has 0 atom stereocenters. The summed E-state index contributed by atoms with van der Waals surface area (Å²) in [5.74, 6) is 1.39. The molecule has 1 aromatic rings. The normalized spacial score (nSPS) is 24.2. The minimum absolute atomic E-state index is 0.0932. The topological polar surface area (TPSA) is 55.2 Å². The minimum Gasteiger partial charge on any atom is -0.465 e. The van der Waals surface area contributed by atoms with E-state index in [1.807, 2.05) is 11.8 Å². The molecule has 23 heavy (non-hydrogen) atoms. The molecule has 0 saturated carbocycles. The Morgan fingerprint density at radius 2 is 1.83 bits per heavy atom. The monoisotopic (exact) mass is 320 g/mol. The Balaban J connectivity index is 1.53. The van der Waals surface area contributed by atoms with E-state index in [9.17, 15) is 4.79 Å². The summed E-state index contributed by atoms with van der Waals surface area (Å²) in [6.07, 6.45) is 2.38. The van der Waals surface area contributed by atoms with Gasteiger partial charge in [-0.15, -0.1) is 0 Å². The van der Waals surface area contributed by atoms with Crippen LogP contribution >= 0.6 is 0 Å². The molecule has 1 spiro atoms. The highest BCUT2D eigenvalue weighted by Gasteiger charge is 2.41. The lowest BCUT2D eigenvalue weighted by Gasteiger charge is -2.37. The van der Waals surface area contributed by atoms with Crippen LogP contribution in [0.2, 0.25) is 0 Å². The van der Waals surface area contributed by atoms with E-state index in [-0.39, 0.29) is 5.91 Å². The molecule has 2 fully saturated rings. The van der Waals surface area contributed by atoms with E-state index < -0.39 is 5.79 Å². The van der Waals surface area contributed by atoms with Crippen LogP contribution in [0.1, 0.15) is 40.3 Å². The van der Waals surface area contributed by atoms with Crippen molar-refractivity contribution in [3.8, 4) is 0 Å². The first-order valence-corrected chi connectivity index (χ1v) is 8.45. The molecule has 4 heterocycles. The second-order valence-corrected chi connectivity index (χ2v) is 6.82. The molecule has 6 heteroatoms. The highest BCUT2D eigenvalue weighted by atomic mass is 16.7. The molecule has 6 nitrogen and oxygen atoms in total. The number of carbonyl (C=O) groups excluding carboxylic acids is 1. The summed E-state index contributed by atoms with van der Waals surface area (Å²) in [5.41, 5.74) is 1.85. The number of piperidine rings is 1. The SMILES string of the molecule is Cc1oc2c(c1C(=O)N1CCC3(CC1)OCCO3)CN(C)CC2. The molecule has 0 unspecified atom stereocenters. The molecule has 3 aliphatic rings. The van der Waals surface area contributed by atoms with E-state index in [1.54, 1.807) is 0 Å². The number of likely N-dealkylation sites (tertiary alicyclic amines) is 1. The lowest BCUT2D eigenvalue weighted by atomic mass is 9.99. The van der Waals surface area contributed by atoms with E-state index in [1.165, 1.54) is 0 Å². The average molecular weight is 320 g/mol. The van der Waals surface area contributed by atoms with Crippen molar-refractivity contribution in [1.29, 1.82) is 0 Å². The molecule has 0 aromatic carbocycles. The van der Waals surface area contributed by atoms with Gasteiger partial charge >= 0.3 is 0 Å². The van der Waals surface area contributed by atoms with E-state index in [2.05, 4.69) is 11.9 Å². The molecule has 1 aromatic heterocycles. The van der Waals surface area contributed by atoms with Crippen molar-refractivity contribution in [3.05, 3.63) is 22.6 Å². The van der Waals surface area contributed by atoms with Crippen molar-refractivity contribution in [2.24, 2.45) is 0 Å². The molecule has 3 aliphatic heterocycles. The number of likely N-dealkylation sites (N-methyl/N-ethyl adjacent to an activating group) is 1. The van der Waals surface area contributed by atoms with Gasteiger partial charge in [-0.2, -0.15) is 0 Å². The van der Waals surface area contributed by atoms with Gasteiger partial charge in [-0.05, 0) is 14.0 Å². The Kier molecular flexibility index (Phi) is 3.70. The third kappa shape index (κ3) is 2.58. The number of furan rings is 1. The van der Waals surface area contributed by atoms with Gasteiger partial charge in [-0.25, -0.2) is 0 Å². The third-order valence-corrected chi connectivity index (χ3v) is 5.26. The van der Waals surface area contributed by atoms with Gasteiger partial charge in [0.15, 0.2) is 5.79 Å². The van der Waals surface area contributed by atoms with Crippen LogP contribution in [-0.4, -0.2) is 61.4 Å². The summed E-state index contributed by atoms with van der Waals surface area (Å²) >= 11 is 0. The molecule has 126 valence electrons. The summed E-state index contributed by atoms with van der Waals surface area (Å²) in [6.45, 7) is 6.35. The molecule has 0 radical (unpaired) electrons. The lowest BCUT2D eigenvalue weighted by Crippen LogP contribution is -2.47. The van der Waals surface area contributed by atoms with Crippen LogP contribution in [-0.2, 0) is 22.4 Å². The Hall–Kier alpha value is -1.37. The quantitative estimate of drug-likeness (QED) is 0.786. The van der Waals surface area contributed by atoms with Crippen LogP contribution in [0.15, 0.2) is 4.42 Å². The van der Waals surface area contributed by atoms with Gasteiger partial charge in [0.2, 0.25) is 0 Å². The molecular formula is C17H24N2O4. The van der Waals surface area contributed by atoms with Crippen LogP contribution < -0.4 is 0 Å². The number of carbonyl (C=O) groups is 1. The Morgan fingerprint density at radius 3 is 2.52 bits per heavy atom. The first kappa shape index (κ1) is 15.2. The first-order chi connectivity index (χ1) is 11.1. The van der Waals surface area contributed by atoms with Crippen LogP contribution in [0.25, 0.3) is 0 Å². The zero-order valence-electron chi connectivity index (χ0n) is 13.9.